The first-order valence-corrected chi connectivity index (χ1v) is 13.5. The van der Waals surface area contributed by atoms with E-state index in [0.29, 0.717) is 4.90 Å². The summed E-state index contributed by atoms with van der Waals surface area (Å²) >= 11 is 7.89. The van der Waals surface area contributed by atoms with E-state index in [1.54, 1.807) is 30.3 Å². The zero-order chi connectivity index (χ0) is 30.9. The van der Waals surface area contributed by atoms with Gasteiger partial charge in [-0.15, -0.1) is 11.8 Å². The first-order valence-electron chi connectivity index (χ1n) is 12.3. The molecule has 1 amide bonds. The lowest BCUT2D eigenvalue weighted by molar-refractivity contribution is -0.223. The van der Waals surface area contributed by atoms with Crippen LogP contribution in [0.5, 0.6) is 0 Å². The van der Waals surface area contributed by atoms with Gasteiger partial charge in [-0.1, -0.05) is 29.8 Å². The molecule has 0 aromatic heterocycles. The molecule has 1 saturated heterocycles. The Morgan fingerprint density at radius 3 is 2.05 bits per heavy atom. The summed E-state index contributed by atoms with van der Waals surface area (Å²) in [5.41, 5.74) is 0. The number of thioether (sulfide) groups is 1. The number of rotatable bonds is 11. The smallest absolute Gasteiger partial charge is 0.355 e. The molecule has 15 heteroatoms. The minimum absolute atomic E-state index is 0.594. The zero-order valence-electron chi connectivity index (χ0n) is 23.2. The van der Waals surface area contributed by atoms with Crippen LogP contribution in [0.15, 0.2) is 35.2 Å². The molecule has 1 aromatic carbocycles. The van der Waals surface area contributed by atoms with Crippen molar-refractivity contribution in [3.05, 3.63) is 30.3 Å². The molecule has 1 aliphatic rings. The Morgan fingerprint density at radius 1 is 0.951 bits per heavy atom. The lowest BCUT2D eigenvalue weighted by Crippen LogP contribution is -2.72. The van der Waals surface area contributed by atoms with Gasteiger partial charge in [0.15, 0.2) is 12.2 Å². The molecule has 7 atom stereocenters. The van der Waals surface area contributed by atoms with E-state index in [9.17, 15) is 28.8 Å². The standard InChI is InChI=1S/C26H32ClNO12S/c1-13(29)28-20-22(21(38-16(4)32)19(37-15(3)31)12-36-14(2)30)40-26(27,25(34)35-6)24(23(20)39-17(5)33)41-18-10-8-7-9-11-18/h7-11,19-24H,12H2,1-6H3,(H,28,29)/t19-,20+,21-,22-,23-,24-,26+/m1/s1. The number of alkyl halides is 1. The molecule has 0 radical (unpaired) electrons. The molecule has 226 valence electrons. The number of ether oxygens (including phenoxy) is 6. The third kappa shape index (κ3) is 9.33. The third-order valence-corrected chi connectivity index (χ3v) is 7.59. The molecule has 2 rings (SSSR count). The van der Waals surface area contributed by atoms with E-state index in [0.717, 1.165) is 46.6 Å². The Bertz CT molecular complexity index is 1130. The van der Waals surface area contributed by atoms with Crippen LogP contribution in [0, 0.1) is 0 Å². The van der Waals surface area contributed by atoms with Crippen molar-refractivity contribution >= 4 is 59.1 Å². The summed E-state index contributed by atoms with van der Waals surface area (Å²) in [5, 5.41) is -1.03. The van der Waals surface area contributed by atoms with Gasteiger partial charge in [0.25, 0.3) is 5.06 Å². The van der Waals surface area contributed by atoms with Gasteiger partial charge in [-0.3, -0.25) is 24.0 Å². The molecular weight excluding hydrogens is 586 g/mol. The summed E-state index contributed by atoms with van der Waals surface area (Å²) in [5.74, 6) is -4.98. The second-order valence-corrected chi connectivity index (χ2v) is 10.7. The molecule has 0 saturated carbocycles. The van der Waals surface area contributed by atoms with Gasteiger partial charge in [0.2, 0.25) is 5.91 Å². The maximum atomic E-state index is 13.2. The van der Waals surface area contributed by atoms with E-state index >= 15 is 0 Å². The fourth-order valence-electron chi connectivity index (χ4n) is 4.17. The van der Waals surface area contributed by atoms with Crippen molar-refractivity contribution in [2.45, 2.75) is 80.3 Å². The van der Waals surface area contributed by atoms with Crippen LogP contribution in [0.2, 0.25) is 0 Å². The summed E-state index contributed by atoms with van der Waals surface area (Å²) in [4.78, 5) is 74.4. The van der Waals surface area contributed by atoms with E-state index in [1.165, 1.54) is 6.92 Å². The normalized spacial score (nSPS) is 25.0. The van der Waals surface area contributed by atoms with Crippen LogP contribution in [-0.2, 0) is 57.2 Å². The molecule has 0 bridgehead atoms. The van der Waals surface area contributed by atoms with Gasteiger partial charge in [0.1, 0.15) is 24.1 Å². The van der Waals surface area contributed by atoms with E-state index in [1.807, 2.05) is 0 Å². The molecule has 13 nitrogen and oxygen atoms in total. The number of carbonyl (C=O) groups is 6. The van der Waals surface area contributed by atoms with Gasteiger partial charge < -0.3 is 33.7 Å². The van der Waals surface area contributed by atoms with Crippen molar-refractivity contribution in [2.24, 2.45) is 0 Å². The molecule has 0 spiro atoms. The van der Waals surface area contributed by atoms with Crippen LogP contribution in [0.3, 0.4) is 0 Å². The van der Waals surface area contributed by atoms with Crippen molar-refractivity contribution in [3.63, 3.8) is 0 Å². The van der Waals surface area contributed by atoms with Gasteiger partial charge >= 0.3 is 29.8 Å². The number of halogens is 1. The van der Waals surface area contributed by atoms with Crippen LogP contribution < -0.4 is 5.32 Å². The van der Waals surface area contributed by atoms with Crippen molar-refractivity contribution in [1.29, 1.82) is 0 Å². The van der Waals surface area contributed by atoms with E-state index < -0.39 is 83.1 Å². The highest BCUT2D eigenvalue weighted by Gasteiger charge is 2.63. The number of esters is 5. The highest BCUT2D eigenvalue weighted by molar-refractivity contribution is 8.00. The molecule has 1 aromatic rings. The molecule has 0 unspecified atom stereocenters. The Labute approximate surface area is 245 Å². The molecule has 1 fully saturated rings. The maximum Gasteiger partial charge on any atom is 0.355 e. The van der Waals surface area contributed by atoms with Gasteiger partial charge in [0, 0.05) is 39.5 Å². The average Bonchev–Trinajstić information content (AvgIpc) is 2.88. The summed E-state index contributed by atoms with van der Waals surface area (Å²) in [7, 11) is 1.06. The number of methoxy groups -OCH3 is 1. The largest absolute Gasteiger partial charge is 0.466 e. The summed E-state index contributed by atoms with van der Waals surface area (Å²) in [6.45, 7) is 4.89. The Balaban J connectivity index is 2.79. The van der Waals surface area contributed by atoms with Crippen molar-refractivity contribution in [1.82, 2.24) is 5.32 Å². The lowest BCUT2D eigenvalue weighted by Gasteiger charge is -2.50. The van der Waals surface area contributed by atoms with Crippen LogP contribution in [0.25, 0.3) is 0 Å². The number of nitrogens with one attached hydrogen (secondary N) is 1. The predicted octanol–water partition coefficient (Wildman–Crippen LogP) is 1.52. The quantitative estimate of drug-likeness (QED) is 0.215. The summed E-state index contributed by atoms with van der Waals surface area (Å²) < 4.78 is 32.5. The first kappa shape index (κ1) is 33.8. The Hall–Kier alpha value is -3.36. The summed E-state index contributed by atoms with van der Waals surface area (Å²) in [6.07, 6.45) is -6.16. The SMILES string of the molecule is COC(=O)[C@@]1(Cl)O[C@@H]([C@H](OC(C)=O)[C@@H](COC(C)=O)OC(C)=O)[C@H](NC(C)=O)[C@@H](OC(C)=O)[C@H]1Sc1ccccc1. The van der Waals surface area contributed by atoms with E-state index in [2.05, 4.69) is 5.32 Å². The number of hydrogen-bond acceptors (Lipinski definition) is 13. The van der Waals surface area contributed by atoms with Crippen LogP contribution in [0.4, 0.5) is 0 Å². The topological polar surface area (TPSA) is 170 Å². The second-order valence-electron chi connectivity index (χ2n) is 8.90. The highest BCUT2D eigenvalue weighted by atomic mass is 35.5. The van der Waals surface area contributed by atoms with Crippen molar-refractivity contribution in [2.75, 3.05) is 13.7 Å². The lowest BCUT2D eigenvalue weighted by atomic mass is 9.88. The molecule has 1 aliphatic heterocycles. The number of carbonyl (C=O) groups excluding carboxylic acids is 6. The van der Waals surface area contributed by atoms with Crippen molar-refractivity contribution in [3.8, 4) is 0 Å². The van der Waals surface area contributed by atoms with Crippen LogP contribution in [0.1, 0.15) is 34.6 Å². The number of amides is 1. The first-order chi connectivity index (χ1) is 19.2. The van der Waals surface area contributed by atoms with Gasteiger partial charge in [-0.05, 0) is 12.1 Å². The molecular formula is C26H32ClNO12S. The van der Waals surface area contributed by atoms with Gasteiger partial charge in [-0.2, -0.15) is 0 Å². The molecule has 41 heavy (non-hydrogen) atoms. The third-order valence-electron chi connectivity index (χ3n) is 5.58. The average molecular weight is 618 g/mol. The zero-order valence-corrected chi connectivity index (χ0v) is 24.8. The van der Waals surface area contributed by atoms with E-state index in [4.69, 9.17) is 40.0 Å². The minimum atomic E-state index is -2.41. The highest BCUT2D eigenvalue weighted by Crippen LogP contribution is 2.46. The monoisotopic (exact) mass is 617 g/mol. The van der Waals surface area contributed by atoms with Crippen molar-refractivity contribution < 1.29 is 57.2 Å². The summed E-state index contributed by atoms with van der Waals surface area (Å²) in [6, 6.07) is 7.29. The number of hydrogen-bond donors (Lipinski definition) is 1. The van der Waals surface area contributed by atoms with Gasteiger partial charge in [0.05, 0.1) is 13.2 Å². The fraction of sp³-hybridized carbons (Fsp3) is 0.538. The molecule has 0 aliphatic carbocycles. The van der Waals surface area contributed by atoms with E-state index in [-0.39, 0.29) is 0 Å². The predicted molar refractivity (Wildman–Crippen MR) is 142 cm³/mol. The Morgan fingerprint density at radius 2 is 1.56 bits per heavy atom. The minimum Gasteiger partial charge on any atom is -0.466 e. The van der Waals surface area contributed by atoms with Crippen LogP contribution >= 0.6 is 23.4 Å². The van der Waals surface area contributed by atoms with Crippen LogP contribution in [-0.4, -0.2) is 90.2 Å². The number of benzene rings is 1. The Kier molecular flexibility index (Phi) is 12.4. The van der Waals surface area contributed by atoms with Gasteiger partial charge in [-0.25, -0.2) is 4.79 Å². The second kappa shape index (κ2) is 15.0. The molecule has 1 heterocycles. The fourth-order valence-corrected chi connectivity index (χ4v) is 5.88. The molecule has 1 N–H and O–H groups in total. The maximum absolute atomic E-state index is 13.2.